The van der Waals surface area contributed by atoms with Crippen molar-refractivity contribution in [3.05, 3.63) is 59.2 Å². The van der Waals surface area contributed by atoms with Crippen LogP contribution >= 0.6 is 0 Å². The first-order valence-electron chi connectivity index (χ1n) is 7.51. The zero-order chi connectivity index (χ0) is 17.7. The maximum Gasteiger partial charge on any atom is 0.338 e. The molecule has 0 saturated carbocycles. The van der Waals surface area contributed by atoms with Crippen molar-refractivity contribution in [1.82, 2.24) is 0 Å². The molecule has 0 unspecified atom stereocenters. The van der Waals surface area contributed by atoms with Crippen LogP contribution in [0.15, 0.2) is 47.4 Å². The molecule has 0 N–H and O–H groups in total. The molecule has 6 heteroatoms. The highest BCUT2D eigenvalue weighted by Gasteiger charge is 2.16. The molecular weight excluding hydrogens is 328 g/mol. The molecule has 0 aliphatic heterocycles. The quantitative estimate of drug-likeness (QED) is 0.750. The summed E-state index contributed by atoms with van der Waals surface area (Å²) in [4.78, 5) is 12.4. The van der Waals surface area contributed by atoms with Gasteiger partial charge in [0.15, 0.2) is 9.84 Å². The SMILES string of the molecule is CCOc1ccccc1COC(=O)c1cc(S(C)(=O)=O)ccc1C. The molecule has 0 heterocycles. The average Bonchev–Trinajstić information content (AvgIpc) is 2.53. The van der Waals surface area contributed by atoms with Crippen LogP contribution in [-0.2, 0) is 21.2 Å². The zero-order valence-electron chi connectivity index (χ0n) is 13.9. The summed E-state index contributed by atoms with van der Waals surface area (Å²) in [5.41, 5.74) is 1.65. The van der Waals surface area contributed by atoms with E-state index in [-0.39, 0.29) is 17.1 Å². The lowest BCUT2D eigenvalue weighted by atomic mass is 10.1. The summed E-state index contributed by atoms with van der Waals surface area (Å²) < 4.78 is 34.1. The second-order valence-electron chi connectivity index (χ2n) is 5.37. The van der Waals surface area contributed by atoms with Gasteiger partial charge in [0.25, 0.3) is 0 Å². The number of ether oxygens (including phenoxy) is 2. The van der Waals surface area contributed by atoms with E-state index >= 15 is 0 Å². The van der Waals surface area contributed by atoms with E-state index in [4.69, 9.17) is 9.47 Å². The third kappa shape index (κ3) is 4.35. The first-order valence-corrected chi connectivity index (χ1v) is 9.40. The fourth-order valence-electron chi connectivity index (χ4n) is 2.19. The van der Waals surface area contributed by atoms with E-state index in [0.29, 0.717) is 17.9 Å². The van der Waals surface area contributed by atoms with E-state index < -0.39 is 15.8 Å². The third-order valence-electron chi connectivity index (χ3n) is 3.49. The van der Waals surface area contributed by atoms with Gasteiger partial charge in [0.05, 0.1) is 17.1 Å². The molecular formula is C18H20O5S. The van der Waals surface area contributed by atoms with E-state index in [2.05, 4.69) is 0 Å². The Morgan fingerprint density at radius 2 is 1.83 bits per heavy atom. The van der Waals surface area contributed by atoms with Crippen LogP contribution in [0.5, 0.6) is 5.75 Å². The van der Waals surface area contributed by atoms with Crippen molar-refractivity contribution in [3.63, 3.8) is 0 Å². The summed E-state index contributed by atoms with van der Waals surface area (Å²) >= 11 is 0. The van der Waals surface area contributed by atoms with Crippen LogP contribution in [0.25, 0.3) is 0 Å². The highest BCUT2D eigenvalue weighted by Crippen LogP contribution is 2.21. The van der Waals surface area contributed by atoms with Crippen molar-refractivity contribution in [2.45, 2.75) is 25.3 Å². The fourth-order valence-corrected chi connectivity index (χ4v) is 2.84. The molecule has 24 heavy (non-hydrogen) atoms. The number of hydrogen-bond donors (Lipinski definition) is 0. The van der Waals surface area contributed by atoms with E-state index in [1.54, 1.807) is 13.0 Å². The molecule has 0 aliphatic rings. The van der Waals surface area contributed by atoms with Gasteiger partial charge < -0.3 is 9.47 Å². The Bertz CT molecular complexity index is 840. The van der Waals surface area contributed by atoms with Gasteiger partial charge in [0.1, 0.15) is 12.4 Å². The van der Waals surface area contributed by atoms with Gasteiger partial charge in [-0.3, -0.25) is 0 Å². The topological polar surface area (TPSA) is 69.7 Å². The fraction of sp³-hybridized carbons (Fsp3) is 0.278. The second-order valence-corrected chi connectivity index (χ2v) is 7.38. The molecule has 2 rings (SSSR count). The van der Waals surface area contributed by atoms with Gasteiger partial charge in [-0.2, -0.15) is 0 Å². The Morgan fingerprint density at radius 3 is 2.50 bits per heavy atom. The van der Waals surface area contributed by atoms with Crippen molar-refractivity contribution < 1.29 is 22.7 Å². The lowest BCUT2D eigenvalue weighted by molar-refractivity contribution is 0.0468. The van der Waals surface area contributed by atoms with E-state index in [0.717, 1.165) is 11.8 Å². The van der Waals surface area contributed by atoms with Crippen LogP contribution in [-0.4, -0.2) is 27.2 Å². The number of benzene rings is 2. The third-order valence-corrected chi connectivity index (χ3v) is 4.60. The largest absolute Gasteiger partial charge is 0.493 e. The summed E-state index contributed by atoms with van der Waals surface area (Å²) in [6.07, 6.45) is 1.10. The van der Waals surface area contributed by atoms with Crippen LogP contribution in [0, 0.1) is 6.92 Å². The van der Waals surface area contributed by atoms with E-state index in [1.807, 2.05) is 31.2 Å². The van der Waals surface area contributed by atoms with Crippen molar-refractivity contribution in [3.8, 4) is 5.75 Å². The molecule has 0 amide bonds. The predicted molar refractivity (Wildman–Crippen MR) is 91.0 cm³/mol. The molecule has 0 fully saturated rings. The summed E-state index contributed by atoms with van der Waals surface area (Å²) in [7, 11) is -3.38. The van der Waals surface area contributed by atoms with Crippen molar-refractivity contribution in [1.29, 1.82) is 0 Å². The standard InChI is InChI=1S/C18H20O5S/c1-4-22-17-8-6-5-7-14(17)12-23-18(19)16-11-15(24(3,20)21)10-9-13(16)2/h5-11H,4,12H2,1-3H3. The number of aryl methyl sites for hydroxylation is 1. The van der Waals surface area contributed by atoms with E-state index in [9.17, 15) is 13.2 Å². The predicted octanol–water partition coefficient (Wildman–Crippen LogP) is 3.15. The minimum atomic E-state index is -3.38. The Labute approximate surface area is 142 Å². The number of carbonyl (C=O) groups is 1. The molecule has 2 aromatic carbocycles. The Balaban J connectivity index is 2.19. The lowest BCUT2D eigenvalue weighted by Crippen LogP contribution is -2.09. The number of sulfone groups is 1. The molecule has 0 bridgehead atoms. The van der Waals surface area contributed by atoms with Gasteiger partial charge in [-0.15, -0.1) is 0 Å². The molecule has 5 nitrogen and oxygen atoms in total. The normalized spacial score (nSPS) is 11.1. The summed E-state index contributed by atoms with van der Waals surface area (Å²) in [6.45, 7) is 4.18. The monoisotopic (exact) mass is 348 g/mol. The van der Waals surface area contributed by atoms with Gasteiger partial charge in [-0.1, -0.05) is 24.3 Å². The highest BCUT2D eigenvalue weighted by atomic mass is 32.2. The van der Waals surface area contributed by atoms with Crippen LogP contribution in [0.2, 0.25) is 0 Å². The van der Waals surface area contributed by atoms with Crippen molar-refractivity contribution in [2.75, 3.05) is 12.9 Å². The highest BCUT2D eigenvalue weighted by molar-refractivity contribution is 7.90. The number of hydrogen-bond acceptors (Lipinski definition) is 5. The number of carbonyl (C=O) groups excluding carboxylic acids is 1. The number of rotatable bonds is 6. The van der Waals surface area contributed by atoms with Gasteiger partial charge in [-0.05, 0) is 37.6 Å². The molecule has 0 aliphatic carbocycles. The first kappa shape index (κ1) is 18.0. The Hall–Kier alpha value is -2.34. The van der Waals surface area contributed by atoms with E-state index in [1.165, 1.54) is 12.1 Å². The Kier molecular flexibility index (Phi) is 5.62. The molecule has 0 saturated heterocycles. The van der Waals surface area contributed by atoms with Gasteiger partial charge in [0, 0.05) is 11.8 Å². The minimum absolute atomic E-state index is 0.0531. The second kappa shape index (κ2) is 7.49. The molecule has 0 radical (unpaired) electrons. The summed E-state index contributed by atoms with van der Waals surface area (Å²) in [5.74, 6) is 0.0960. The maximum atomic E-state index is 12.3. The van der Waals surface area contributed by atoms with Gasteiger partial charge in [-0.25, -0.2) is 13.2 Å². The van der Waals surface area contributed by atoms with Crippen LogP contribution in [0.4, 0.5) is 0 Å². The van der Waals surface area contributed by atoms with Crippen molar-refractivity contribution >= 4 is 15.8 Å². The Morgan fingerprint density at radius 1 is 1.12 bits per heavy atom. The van der Waals surface area contributed by atoms with Crippen LogP contribution < -0.4 is 4.74 Å². The average molecular weight is 348 g/mol. The molecule has 0 spiro atoms. The molecule has 0 atom stereocenters. The molecule has 128 valence electrons. The number of para-hydroxylation sites is 1. The summed E-state index contributed by atoms with van der Waals surface area (Å²) in [5, 5.41) is 0. The minimum Gasteiger partial charge on any atom is -0.493 e. The first-order chi connectivity index (χ1) is 11.3. The van der Waals surface area contributed by atoms with Gasteiger partial charge >= 0.3 is 5.97 Å². The lowest BCUT2D eigenvalue weighted by Gasteiger charge is -2.12. The summed E-state index contributed by atoms with van der Waals surface area (Å²) in [6, 6.07) is 11.7. The molecule has 0 aromatic heterocycles. The van der Waals surface area contributed by atoms with Crippen molar-refractivity contribution in [2.24, 2.45) is 0 Å². The van der Waals surface area contributed by atoms with Gasteiger partial charge in [0.2, 0.25) is 0 Å². The number of esters is 1. The maximum absolute atomic E-state index is 12.3. The zero-order valence-corrected chi connectivity index (χ0v) is 14.7. The molecule has 2 aromatic rings. The smallest absolute Gasteiger partial charge is 0.338 e. The van der Waals surface area contributed by atoms with Crippen LogP contribution in [0.1, 0.15) is 28.4 Å². The van der Waals surface area contributed by atoms with Crippen LogP contribution in [0.3, 0.4) is 0 Å².